The fourth-order valence-electron chi connectivity index (χ4n) is 16.9. The fraction of sp³-hybridized carbons (Fsp3) is 0. The second kappa shape index (κ2) is 30.1. The highest BCUT2D eigenvalue weighted by Crippen LogP contribution is 2.46. The van der Waals surface area contributed by atoms with Gasteiger partial charge in [0, 0.05) is 67.0 Å². The van der Waals surface area contributed by atoms with Gasteiger partial charge in [-0.2, -0.15) is 0 Å². The van der Waals surface area contributed by atoms with Crippen molar-refractivity contribution in [3.63, 3.8) is 0 Å². The molecule has 0 bridgehead atoms. The molecule has 0 spiro atoms. The van der Waals surface area contributed by atoms with Gasteiger partial charge in [0.25, 0.3) is 0 Å². The molecule has 18 aromatic carbocycles. The number of fused-ring (bicyclic) bond motifs is 6. The monoisotopic (exact) mass is 1450 g/mol. The van der Waals surface area contributed by atoms with Crippen molar-refractivity contribution in [2.24, 2.45) is 0 Å². The normalized spacial score (nSPS) is 11.5. The molecule has 0 saturated heterocycles. The van der Waals surface area contributed by atoms with Gasteiger partial charge in [0.15, 0.2) is 0 Å². The first-order valence-electron chi connectivity index (χ1n) is 39.1. The van der Waals surface area contributed by atoms with Crippen LogP contribution in [0.5, 0.6) is 0 Å². The third-order valence-electron chi connectivity index (χ3n) is 22.4. The summed E-state index contributed by atoms with van der Waals surface area (Å²) >= 11 is 0. The summed E-state index contributed by atoms with van der Waals surface area (Å²) in [5.41, 5.74) is 34.5. The van der Waals surface area contributed by atoms with Gasteiger partial charge in [-0.25, -0.2) is 0 Å². The maximum Gasteiger partial charge on any atom is 0.0541 e. The van der Waals surface area contributed by atoms with E-state index in [0.717, 1.165) is 78.7 Å². The molecule has 2 aromatic heterocycles. The maximum atomic E-state index is 2.44. The van der Waals surface area contributed by atoms with E-state index < -0.39 is 0 Å². The molecular formula is C110H76N4. The first-order chi connectivity index (χ1) is 56.5. The van der Waals surface area contributed by atoms with Crippen molar-refractivity contribution in [2.45, 2.75) is 0 Å². The number of anilines is 6. The number of rotatable bonds is 18. The molecule has 0 aliphatic heterocycles. The molecule has 0 saturated carbocycles. The molecule has 20 rings (SSSR count). The Morgan fingerprint density at radius 1 is 0.158 bits per heavy atom. The Kier molecular flexibility index (Phi) is 18.0. The van der Waals surface area contributed by atoms with Crippen molar-refractivity contribution in [2.75, 3.05) is 9.80 Å². The molecule has 2 heterocycles. The smallest absolute Gasteiger partial charge is 0.0541 e. The van der Waals surface area contributed by atoms with Gasteiger partial charge in [-0.3, -0.25) is 0 Å². The van der Waals surface area contributed by atoms with Crippen LogP contribution in [0.2, 0.25) is 0 Å². The van der Waals surface area contributed by atoms with Crippen LogP contribution in [-0.4, -0.2) is 9.13 Å². The lowest BCUT2D eigenvalue weighted by molar-refractivity contribution is 1.17. The van der Waals surface area contributed by atoms with Crippen LogP contribution in [0.4, 0.5) is 34.1 Å². The summed E-state index contributed by atoms with van der Waals surface area (Å²) in [6.45, 7) is 0. The second-order valence-electron chi connectivity index (χ2n) is 29.1. The SMILES string of the molecule is C(=Cc1ccc(N(c2ccccc2)c2ccc(-n3c4ccc(-c5ccccc5-c5ccccc5)cc4c4cc(-c5ccccc5-c5ccccc5)ccc43)cc2)cc1)c1ccc(N(c2ccccc2)c2ccc(-n3c4ccc(-c5ccccc5-c5ccccc5)cc4c4cc(-c5ccccc5-c5ccccc5)ccc43)cc2)cc1. The fourth-order valence-corrected chi connectivity index (χ4v) is 16.9. The molecule has 0 atom stereocenters. The topological polar surface area (TPSA) is 16.3 Å². The standard InChI is InChI=1S/C110H76N4/c1-7-27-79(28-8-1)95-39-19-23-43-99(95)83-53-69-107-103(73-83)104-74-84(100-44-24-20-40-96(100)80-29-9-2-10-30-80)54-70-108(104)113(107)93-65-61-91(62-66-93)111(87-35-15-5-16-36-87)89-57-49-77(50-58-89)47-48-78-51-59-90(60-52-78)112(88-37-17-6-18-38-88)92-63-67-94(68-64-92)114-109-71-55-85(101-45-25-21-41-97(101)81-31-11-3-12-32-81)75-105(109)106-76-86(56-72-110(106)114)102-46-26-22-42-98(102)82-33-13-4-14-34-82/h1-76H. The summed E-state index contributed by atoms with van der Waals surface area (Å²) < 4.78 is 4.87. The van der Waals surface area contributed by atoms with E-state index in [2.05, 4.69) is 480 Å². The number of para-hydroxylation sites is 2. The van der Waals surface area contributed by atoms with Gasteiger partial charge in [-0.05, 0) is 246 Å². The zero-order valence-electron chi connectivity index (χ0n) is 62.7. The van der Waals surface area contributed by atoms with Gasteiger partial charge in [0.1, 0.15) is 0 Å². The van der Waals surface area contributed by atoms with Crippen LogP contribution in [0, 0.1) is 0 Å². The highest BCUT2D eigenvalue weighted by molar-refractivity contribution is 6.14. The Bertz CT molecular complexity index is 6190. The van der Waals surface area contributed by atoms with Gasteiger partial charge >= 0.3 is 0 Å². The number of benzene rings is 18. The van der Waals surface area contributed by atoms with E-state index in [4.69, 9.17) is 0 Å². The molecule has 0 radical (unpaired) electrons. The molecule has 0 amide bonds. The van der Waals surface area contributed by atoms with E-state index in [1.54, 1.807) is 0 Å². The number of hydrogen-bond donors (Lipinski definition) is 0. The third-order valence-corrected chi connectivity index (χ3v) is 22.4. The van der Waals surface area contributed by atoms with Crippen molar-refractivity contribution >= 4 is 89.9 Å². The Hall–Kier alpha value is -15.1. The molecule has 0 aliphatic rings. The van der Waals surface area contributed by atoms with Crippen LogP contribution in [0.1, 0.15) is 11.1 Å². The summed E-state index contributed by atoms with van der Waals surface area (Å²) in [4.78, 5) is 4.69. The first-order valence-corrected chi connectivity index (χ1v) is 39.1. The highest BCUT2D eigenvalue weighted by atomic mass is 15.1. The molecule has 4 nitrogen and oxygen atoms in total. The minimum atomic E-state index is 1.06. The average molecular weight is 1450 g/mol. The molecule has 4 heteroatoms. The Morgan fingerprint density at radius 2 is 0.351 bits per heavy atom. The van der Waals surface area contributed by atoms with Gasteiger partial charge in [-0.1, -0.05) is 315 Å². The van der Waals surface area contributed by atoms with Gasteiger partial charge in [0.2, 0.25) is 0 Å². The van der Waals surface area contributed by atoms with Crippen LogP contribution < -0.4 is 9.80 Å². The van der Waals surface area contributed by atoms with E-state index in [-0.39, 0.29) is 0 Å². The zero-order chi connectivity index (χ0) is 75.7. The van der Waals surface area contributed by atoms with Crippen LogP contribution in [0.3, 0.4) is 0 Å². The molecule has 0 aliphatic carbocycles. The largest absolute Gasteiger partial charge is 0.311 e. The predicted molar refractivity (Wildman–Crippen MR) is 483 cm³/mol. The quantitative estimate of drug-likeness (QED) is 0.0796. The van der Waals surface area contributed by atoms with Crippen molar-refractivity contribution in [1.82, 2.24) is 9.13 Å². The van der Waals surface area contributed by atoms with E-state index in [9.17, 15) is 0 Å². The maximum absolute atomic E-state index is 2.44. The molecule has 0 fully saturated rings. The van der Waals surface area contributed by atoms with Crippen LogP contribution in [0.25, 0.3) is 156 Å². The van der Waals surface area contributed by atoms with Crippen LogP contribution >= 0.6 is 0 Å². The molecule has 114 heavy (non-hydrogen) atoms. The van der Waals surface area contributed by atoms with Gasteiger partial charge < -0.3 is 18.9 Å². The molecular weight excluding hydrogens is 1380 g/mol. The summed E-state index contributed by atoms with van der Waals surface area (Å²) in [5, 5.41) is 4.79. The second-order valence-corrected chi connectivity index (χ2v) is 29.1. The Labute approximate surface area is 664 Å². The van der Waals surface area contributed by atoms with Gasteiger partial charge in [-0.15, -0.1) is 0 Å². The third kappa shape index (κ3) is 13.0. The van der Waals surface area contributed by atoms with E-state index in [1.807, 2.05) is 0 Å². The summed E-state index contributed by atoms with van der Waals surface area (Å²) in [6, 6.07) is 163. The Morgan fingerprint density at radius 3 is 0.588 bits per heavy atom. The van der Waals surface area contributed by atoms with Crippen molar-refractivity contribution in [1.29, 1.82) is 0 Å². The van der Waals surface area contributed by atoms with Crippen molar-refractivity contribution < 1.29 is 0 Å². The number of nitrogens with zero attached hydrogens (tertiary/aromatic N) is 4. The molecule has 536 valence electrons. The minimum Gasteiger partial charge on any atom is -0.311 e. The van der Waals surface area contributed by atoms with Gasteiger partial charge in [0.05, 0.1) is 22.1 Å². The van der Waals surface area contributed by atoms with Crippen LogP contribution in [-0.2, 0) is 0 Å². The Balaban J connectivity index is 0.596. The highest BCUT2D eigenvalue weighted by Gasteiger charge is 2.23. The molecule has 0 N–H and O–H groups in total. The lowest BCUT2D eigenvalue weighted by Crippen LogP contribution is -2.10. The first kappa shape index (κ1) is 68.2. The van der Waals surface area contributed by atoms with E-state index in [0.29, 0.717) is 0 Å². The summed E-state index contributed by atoms with van der Waals surface area (Å²) in [6.07, 6.45) is 4.42. The van der Waals surface area contributed by atoms with Crippen molar-refractivity contribution in [3.05, 3.63) is 460 Å². The zero-order valence-corrected chi connectivity index (χ0v) is 62.7. The predicted octanol–water partition coefficient (Wildman–Crippen LogP) is 30.3. The molecule has 20 aromatic rings. The van der Waals surface area contributed by atoms with Crippen molar-refractivity contribution in [3.8, 4) is 100 Å². The van der Waals surface area contributed by atoms with Crippen LogP contribution in [0.15, 0.2) is 449 Å². The summed E-state index contributed by atoms with van der Waals surface area (Å²) in [5.74, 6) is 0. The molecule has 0 unspecified atom stereocenters. The average Bonchev–Trinajstić information content (AvgIpc) is 1.58. The minimum absolute atomic E-state index is 1.06. The van der Waals surface area contributed by atoms with E-state index in [1.165, 1.54) is 111 Å². The lowest BCUT2D eigenvalue weighted by Gasteiger charge is -2.26. The summed E-state index contributed by atoms with van der Waals surface area (Å²) in [7, 11) is 0. The number of hydrogen-bond acceptors (Lipinski definition) is 2. The van der Waals surface area contributed by atoms with E-state index >= 15 is 0 Å². The lowest BCUT2D eigenvalue weighted by atomic mass is 9.92. The number of aromatic nitrogens is 2.